The predicted octanol–water partition coefficient (Wildman–Crippen LogP) is 4.19. The van der Waals surface area contributed by atoms with Crippen LogP contribution in [0.3, 0.4) is 0 Å². The van der Waals surface area contributed by atoms with Gasteiger partial charge in [0.2, 0.25) is 0 Å². The minimum atomic E-state index is -0.624. The van der Waals surface area contributed by atoms with E-state index in [0.717, 1.165) is 23.4 Å². The van der Waals surface area contributed by atoms with Gasteiger partial charge in [-0.05, 0) is 51.0 Å². The molecule has 28 heavy (non-hydrogen) atoms. The first-order valence-electron chi connectivity index (χ1n) is 9.50. The third-order valence-corrected chi connectivity index (χ3v) is 3.98. The van der Waals surface area contributed by atoms with Crippen LogP contribution in [0.5, 0.6) is 5.75 Å². The van der Waals surface area contributed by atoms with Crippen LogP contribution in [0.2, 0.25) is 0 Å². The van der Waals surface area contributed by atoms with E-state index in [0.29, 0.717) is 19.0 Å². The Hall–Kier alpha value is -1.80. The molecule has 2 aromatic carbocycles. The molecule has 0 spiro atoms. The number of rotatable bonds is 8. The Balaban J connectivity index is 0.00000392. The van der Waals surface area contributed by atoms with Crippen LogP contribution in [0.4, 0.5) is 0 Å². The van der Waals surface area contributed by atoms with Crippen molar-refractivity contribution in [3.05, 3.63) is 65.2 Å². The molecule has 0 amide bonds. The van der Waals surface area contributed by atoms with Crippen LogP contribution in [0, 0.1) is 6.92 Å². The van der Waals surface area contributed by atoms with Crippen molar-refractivity contribution in [2.45, 2.75) is 46.4 Å². The molecule has 0 fully saturated rings. The molecule has 0 aromatic heterocycles. The summed E-state index contributed by atoms with van der Waals surface area (Å²) >= 11 is 0. The molecule has 2 rings (SSSR count). The maximum Gasteiger partial charge on any atom is 0.191 e. The van der Waals surface area contributed by atoms with Crippen molar-refractivity contribution in [2.75, 3.05) is 13.1 Å². The standard InChI is InChI=1S/C22H31N3O2.HI/c1-5-23-22(24-14-18-8-6-17(4)7-9-18)25-15-21(26)19-10-12-20(13-11-19)27-16(2)3;/h6-13,16,21,26H,5,14-15H2,1-4H3,(H2,23,24,25);1H. The van der Waals surface area contributed by atoms with E-state index < -0.39 is 6.10 Å². The molecule has 1 atom stereocenters. The van der Waals surface area contributed by atoms with Gasteiger partial charge in [-0.25, -0.2) is 4.99 Å². The van der Waals surface area contributed by atoms with E-state index in [1.54, 1.807) is 0 Å². The second kappa shape index (κ2) is 12.6. The molecule has 0 aliphatic carbocycles. The first-order chi connectivity index (χ1) is 13.0. The monoisotopic (exact) mass is 497 g/mol. The number of benzene rings is 2. The number of ether oxygens (including phenoxy) is 1. The Morgan fingerprint density at radius 3 is 2.25 bits per heavy atom. The largest absolute Gasteiger partial charge is 0.491 e. The molecule has 5 nitrogen and oxygen atoms in total. The van der Waals surface area contributed by atoms with Gasteiger partial charge in [0.1, 0.15) is 5.75 Å². The number of halogens is 1. The number of aliphatic hydroxyl groups is 1. The lowest BCUT2D eigenvalue weighted by atomic mass is 10.1. The Morgan fingerprint density at radius 1 is 1.04 bits per heavy atom. The van der Waals surface area contributed by atoms with Crippen LogP contribution < -0.4 is 15.4 Å². The van der Waals surface area contributed by atoms with Gasteiger partial charge in [0.25, 0.3) is 0 Å². The number of hydrogen-bond donors (Lipinski definition) is 3. The van der Waals surface area contributed by atoms with Crippen molar-refractivity contribution in [3.63, 3.8) is 0 Å². The van der Waals surface area contributed by atoms with Gasteiger partial charge < -0.3 is 20.5 Å². The molecule has 3 N–H and O–H groups in total. The van der Waals surface area contributed by atoms with Gasteiger partial charge in [-0.2, -0.15) is 0 Å². The normalized spacial score (nSPS) is 12.3. The van der Waals surface area contributed by atoms with Crippen molar-refractivity contribution in [1.29, 1.82) is 0 Å². The maximum absolute atomic E-state index is 10.4. The molecule has 154 valence electrons. The average Bonchev–Trinajstić information content (AvgIpc) is 2.65. The number of aliphatic hydroxyl groups excluding tert-OH is 1. The molecular weight excluding hydrogens is 465 g/mol. The summed E-state index contributed by atoms with van der Waals surface area (Å²) < 4.78 is 5.63. The zero-order valence-corrected chi connectivity index (χ0v) is 19.4. The molecule has 0 radical (unpaired) electrons. The van der Waals surface area contributed by atoms with Gasteiger partial charge in [0.15, 0.2) is 5.96 Å². The minimum absolute atomic E-state index is 0. The average molecular weight is 497 g/mol. The van der Waals surface area contributed by atoms with Crippen LogP contribution in [0.15, 0.2) is 53.5 Å². The van der Waals surface area contributed by atoms with Crippen molar-refractivity contribution in [2.24, 2.45) is 4.99 Å². The number of aliphatic imine (C=N–C) groups is 1. The highest BCUT2D eigenvalue weighted by Crippen LogP contribution is 2.18. The van der Waals surface area contributed by atoms with E-state index in [1.807, 2.05) is 45.0 Å². The van der Waals surface area contributed by atoms with Gasteiger partial charge in [-0.1, -0.05) is 42.0 Å². The van der Waals surface area contributed by atoms with E-state index in [1.165, 1.54) is 5.56 Å². The summed E-state index contributed by atoms with van der Waals surface area (Å²) in [4.78, 5) is 4.59. The first-order valence-corrected chi connectivity index (χ1v) is 9.50. The quantitative estimate of drug-likeness (QED) is 0.291. The molecule has 1 unspecified atom stereocenters. The van der Waals surface area contributed by atoms with Gasteiger partial charge in [-0.15, -0.1) is 24.0 Å². The summed E-state index contributed by atoms with van der Waals surface area (Å²) in [7, 11) is 0. The van der Waals surface area contributed by atoms with Crippen LogP contribution in [-0.4, -0.2) is 30.3 Å². The fourth-order valence-electron chi connectivity index (χ4n) is 2.56. The zero-order valence-electron chi connectivity index (χ0n) is 17.1. The molecule has 0 bridgehead atoms. The highest BCUT2D eigenvalue weighted by molar-refractivity contribution is 14.0. The molecule has 6 heteroatoms. The number of guanidine groups is 1. The Morgan fingerprint density at radius 2 is 1.68 bits per heavy atom. The second-order valence-corrected chi connectivity index (χ2v) is 6.81. The van der Waals surface area contributed by atoms with Crippen LogP contribution >= 0.6 is 24.0 Å². The van der Waals surface area contributed by atoms with Crippen molar-refractivity contribution in [1.82, 2.24) is 10.6 Å². The molecule has 0 aliphatic rings. The summed E-state index contributed by atoms with van der Waals surface area (Å²) in [6.45, 7) is 9.80. The second-order valence-electron chi connectivity index (χ2n) is 6.81. The van der Waals surface area contributed by atoms with Crippen molar-refractivity contribution in [3.8, 4) is 5.75 Å². The summed E-state index contributed by atoms with van der Waals surface area (Å²) in [5.41, 5.74) is 3.23. The third-order valence-electron chi connectivity index (χ3n) is 3.98. The summed E-state index contributed by atoms with van der Waals surface area (Å²) in [6, 6.07) is 15.9. The van der Waals surface area contributed by atoms with Crippen LogP contribution in [-0.2, 0) is 6.54 Å². The lowest BCUT2D eigenvalue weighted by Gasteiger charge is -2.16. The minimum Gasteiger partial charge on any atom is -0.491 e. The summed E-state index contributed by atoms with van der Waals surface area (Å²) in [5.74, 6) is 1.50. The van der Waals surface area contributed by atoms with Crippen molar-refractivity contribution >= 4 is 29.9 Å². The number of nitrogens with zero attached hydrogens (tertiary/aromatic N) is 1. The van der Waals surface area contributed by atoms with E-state index in [4.69, 9.17) is 4.74 Å². The molecular formula is C22H32IN3O2. The zero-order chi connectivity index (χ0) is 19.6. The lowest BCUT2D eigenvalue weighted by Crippen LogP contribution is -2.39. The predicted molar refractivity (Wildman–Crippen MR) is 127 cm³/mol. The highest BCUT2D eigenvalue weighted by atomic mass is 127. The third kappa shape index (κ3) is 8.48. The Kier molecular flexibility index (Phi) is 10.9. The van der Waals surface area contributed by atoms with E-state index >= 15 is 0 Å². The number of hydrogen-bond acceptors (Lipinski definition) is 3. The van der Waals surface area contributed by atoms with Crippen LogP contribution in [0.1, 0.15) is 43.6 Å². The topological polar surface area (TPSA) is 65.9 Å². The van der Waals surface area contributed by atoms with Gasteiger partial charge >= 0.3 is 0 Å². The lowest BCUT2D eigenvalue weighted by molar-refractivity contribution is 0.180. The summed E-state index contributed by atoms with van der Waals surface area (Å²) in [5, 5.41) is 16.9. The first kappa shape index (κ1) is 24.2. The van der Waals surface area contributed by atoms with Crippen LogP contribution in [0.25, 0.3) is 0 Å². The van der Waals surface area contributed by atoms with Gasteiger partial charge in [0.05, 0.1) is 18.8 Å². The van der Waals surface area contributed by atoms with E-state index in [9.17, 15) is 5.11 Å². The van der Waals surface area contributed by atoms with E-state index in [-0.39, 0.29) is 30.1 Å². The van der Waals surface area contributed by atoms with Gasteiger partial charge in [0, 0.05) is 13.1 Å². The number of nitrogens with one attached hydrogen (secondary N) is 2. The van der Waals surface area contributed by atoms with Gasteiger partial charge in [-0.3, -0.25) is 0 Å². The van der Waals surface area contributed by atoms with E-state index in [2.05, 4.69) is 46.8 Å². The number of aryl methyl sites for hydroxylation is 1. The Bertz CT molecular complexity index is 716. The molecule has 0 heterocycles. The van der Waals surface area contributed by atoms with Crippen molar-refractivity contribution < 1.29 is 9.84 Å². The highest BCUT2D eigenvalue weighted by Gasteiger charge is 2.09. The fourth-order valence-corrected chi connectivity index (χ4v) is 2.56. The molecule has 0 saturated heterocycles. The molecule has 0 saturated carbocycles. The fraction of sp³-hybridized carbons (Fsp3) is 0.409. The molecule has 0 aliphatic heterocycles. The maximum atomic E-state index is 10.4. The SMILES string of the molecule is CCNC(=NCc1ccc(C)cc1)NCC(O)c1ccc(OC(C)C)cc1.I. The Labute approximate surface area is 185 Å². The summed E-state index contributed by atoms with van der Waals surface area (Å²) in [6.07, 6.45) is -0.490. The molecule has 2 aromatic rings. The smallest absolute Gasteiger partial charge is 0.191 e.